The van der Waals surface area contributed by atoms with Crippen molar-refractivity contribution in [3.8, 4) is 0 Å². The van der Waals surface area contributed by atoms with Crippen LogP contribution < -0.4 is 0 Å². The summed E-state index contributed by atoms with van der Waals surface area (Å²) in [5.74, 6) is 0.622. The van der Waals surface area contributed by atoms with Crippen LogP contribution in [0.25, 0.3) is 0 Å². The average molecular weight is 279 g/mol. The lowest BCUT2D eigenvalue weighted by atomic mass is 9.92. The van der Waals surface area contributed by atoms with E-state index in [2.05, 4.69) is 18.8 Å². The Hall–Kier alpha value is -0.790. The predicted octanol–water partition coefficient (Wildman–Crippen LogP) is 6.48. The summed E-state index contributed by atoms with van der Waals surface area (Å²) in [7, 11) is 0. The van der Waals surface area contributed by atoms with E-state index in [0.29, 0.717) is 5.92 Å². The molecule has 0 atom stereocenters. The minimum absolute atomic E-state index is 0.622. The van der Waals surface area contributed by atoms with Gasteiger partial charge >= 0.3 is 0 Å². The number of hydrogen-bond acceptors (Lipinski definition) is 2. The third-order valence-electron chi connectivity index (χ3n) is 4.18. The molecule has 0 amide bonds. The first kappa shape index (κ1) is 17.3. The number of unbranched alkanes of at least 4 members (excludes halogenated alkanes) is 8. The summed E-state index contributed by atoms with van der Waals surface area (Å²) < 4.78 is 5.17. The molecule has 0 aliphatic heterocycles. The van der Waals surface area contributed by atoms with Crippen molar-refractivity contribution in [3.63, 3.8) is 0 Å². The van der Waals surface area contributed by atoms with Crippen LogP contribution in [0, 0.1) is 0 Å². The molecular weight excluding hydrogens is 246 g/mol. The highest BCUT2D eigenvalue weighted by molar-refractivity contribution is 5.00. The van der Waals surface area contributed by atoms with E-state index in [4.69, 9.17) is 4.42 Å². The largest absolute Gasteiger partial charge is 0.451 e. The molecule has 0 bridgehead atoms. The van der Waals surface area contributed by atoms with Crippen molar-refractivity contribution in [3.05, 3.63) is 18.4 Å². The highest BCUT2D eigenvalue weighted by Gasteiger charge is 2.13. The molecule has 1 aromatic heterocycles. The Balaban J connectivity index is 2.22. The summed E-state index contributed by atoms with van der Waals surface area (Å²) in [6.45, 7) is 4.54. The molecule has 2 nitrogen and oxygen atoms in total. The van der Waals surface area contributed by atoms with Gasteiger partial charge in [-0.2, -0.15) is 0 Å². The molecule has 0 aliphatic carbocycles. The van der Waals surface area contributed by atoms with Crippen LogP contribution in [-0.4, -0.2) is 4.98 Å². The number of aromatic nitrogens is 1. The fraction of sp³-hybridized carbons (Fsp3) is 0.833. The van der Waals surface area contributed by atoms with Gasteiger partial charge in [-0.3, -0.25) is 0 Å². The highest BCUT2D eigenvalue weighted by atomic mass is 16.3. The molecule has 1 aromatic rings. The van der Waals surface area contributed by atoms with Gasteiger partial charge in [-0.05, 0) is 12.8 Å². The SMILES string of the molecule is CCCCCCCC(CCCCCCC)c1cocn1. The summed E-state index contributed by atoms with van der Waals surface area (Å²) in [6.07, 6.45) is 19.6. The van der Waals surface area contributed by atoms with Crippen LogP contribution in [0.5, 0.6) is 0 Å². The van der Waals surface area contributed by atoms with Crippen LogP contribution in [0.3, 0.4) is 0 Å². The normalized spacial score (nSPS) is 11.3. The Morgan fingerprint density at radius 3 is 1.85 bits per heavy atom. The second kappa shape index (κ2) is 12.0. The average Bonchev–Trinajstić information content (AvgIpc) is 2.98. The molecule has 20 heavy (non-hydrogen) atoms. The van der Waals surface area contributed by atoms with Gasteiger partial charge in [0, 0.05) is 5.92 Å². The number of rotatable bonds is 13. The van der Waals surface area contributed by atoms with Crippen LogP contribution >= 0.6 is 0 Å². The van der Waals surface area contributed by atoms with E-state index in [0.717, 1.165) is 0 Å². The lowest BCUT2D eigenvalue weighted by Gasteiger charge is -2.14. The monoisotopic (exact) mass is 279 g/mol. The predicted molar refractivity (Wildman–Crippen MR) is 86.0 cm³/mol. The van der Waals surface area contributed by atoms with Gasteiger partial charge < -0.3 is 4.42 Å². The smallest absolute Gasteiger partial charge is 0.180 e. The summed E-state index contributed by atoms with van der Waals surface area (Å²) in [5, 5.41) is 0. The van der Waals surface area contributed by atoms with E-state index >= 15 is 0 Å². The molecule has 0 fully saturated rings. The topological polar surface area (TPSA) is 26.0 Å². The number of hydrogen-bond donors (Lipinski definition) is 0. The first-order chi connectivity index (χ1) is 9.88. The molecule has 0 spiro atoms. The first-order valence-electron chi connectivity index (χ1n) is 8.76. The molecule has 0 saturated carbocycles. The molecule has 0 saturated heterocycles. The Kier molecular flexibility index (Phi) is 10.3. The Morgan fingerprint density at radius 2 is 1.40 bits per heavy atom. The molecule has 1 rings (SSSR count). The van der Waals surface area contributed by atoms with E-state index in [-0.39, 0.29) is 0 Å². The van der Waals surface area contributed by atoms with Crippen LogP contribution in [-0.2, 0) is 0 Å². The zero-order chi connectivity index (χ0) is 14.5. The fourth-order valence-electron chi connectivity index (χ4n) is 2.85. The van der Waals surface area contributed by atoms with Gasteiger partial charge in [0.1, 0.15) is 6.26 Å². The van der Waals surface area contributed by atoms with Gasteiger partial charge in [0.05, 0.1) is 5.69 Å². The molecule has 1 heterocycles. The Bertz CT molecular complexity index is 280. The lowest BCUT2D eigenvalue weighted by molar-refractivity contribution is 0.480. The van der Waals surface area contributed by atoms with Crippen molar-refractivity contribution in [1.82, 2.24) is 4.98 Å². The third kappa shape index (κ3) is 7.72. The standard InChI is InChI=1S/C18H33NO/c1-3-5-7-9-11-13-17(18-15-20-16-19-18)14-12-10-8-6-4-2/h15-17H,3-14H2,1-2H3. The second-order valence-electron chi connectivity index (χ2n) is 6.02. The molecular formula is C18H33NO. The minimum atomic E-state index is 0.622. The quantitative estimate of drug-likeness (QED) is 0.386. The molecule has 0 aliphatic rings. The van der Waals surface area contributed by atoms with Crippen molar-refractivity contribution in [2.24, 2.45) is 0 Å². The number of nitrogens with zero attached hydrogens (tertiary/aromatic N) is 1. The fourth-order valence-corrected chi connectivity index (χ4v) is 2.85. The van der Waals surface area contributed by atoms with E-state index in [1.54, 1.807) is 6.39 Å². The second-order valence-corrected chi connectivity index (χ2v) is 6.02. The van der Waals surface area contributed by atoms with Crippen LogP contribution in [0.2, 0.25) is 0 Å². The summed E-state index contributed by atoms with van der Waals surface area (Å²) >= 11 is 0. The van der Waals surface area contributed by atoms with Crippen LogP contribution in [0.4, 0.5) is 0 Å². The molecule has 0 N–H and O–H groups in total. The maximum absolute atomic E-state index is 5.17. The first-order valence-corrected chi connectivity index (χ1v) is 8.76. The van der Waals surface area contributed by atoms with Crippen LogP contribution in [0.1, 0.15) is 103 Å². The van der Waals surface area contributed by atoms with Crippen molar-refractivity contribution in [2.45, 2.75) is 96.8 Å². The maximum atomic E-state index is 5.17. The van der Waals surface area contributed by atoms with E-state index in [1.807, 2.05) is 6.26 Å². The van der Waals surface area contributed by atoms with E-state index in [1.165, 1.54) is 82.7 Å². The summed E-state index contributed by atoms with van der Waals surface area (Å²) in [5.41, 5.74) is 1.18. The third-order valence-corrected chi connectivity index (χ3v) is 4.18. The zero-order valence-corrected chi connectivity index (χ0v) is 13.6. The van der Waals surface area contributed by atoms with Gasteiger partial charge in [0.2, 0.25) is 0 Å². The lowest BCUT2D eigenvalue weighted by Crippen LogP contribution is -2.00. The van der Waals surface area contributed by atoms with E-state index in [9.17, 15) is 0 Å². The molecule has 2 heteroatoms. The molecule has 0 unspecified atom stereocenters. The van der Waals surface area contributed by atoms with Gasteiger partial charge in [-0.25, -0.2) is 4.98 Å². The molecule has 0 radical (unpaired) electrons. The van der Waals surface area contributed by atoms with Gasteiger partial charge in [-0.1, -0.05) is 78.1 Å². The Labute approximate surface area is 125 Å². The van der Waals surface area contributed by atoms with Crippen molar-refractivity contribution in [1.29, 1.82) is 0 Å². The highest BCUT2D eigenvalue weighted by Crippen LogP contribution is 2.27. The maximum Gasteiger partial charge on any atom is 0.180 e. The Morgan fingerprint density at radius 1 is 0.850 bits per heavy atom. The zero-order valence-electron chi connectivity index (χ0n) is 13.6. The number of oxazole rings is 1. The van der Waals surface area contributed by atoms with Crippen molar-refractivity contribution in [2.75, 3.05) is 0 Å². The van der Waals surface area contributed by atoms with Crippen molar-refractivity contribution < 1.29 is 4.42 Å². The summed E-state index contributed by atoms with van der Waals surface area (Å²) in [6, 6.07) is 0. The summed E-state index contributed by atoms with van der Waals surface area (Å²) in [4.78, 5) is 4.38. The van der Waals surface area contributed by atoms with Gasteiger partial charge in [0.15, 0.2) is 6.39 Å². The van der Waals surface area contributed by atoms with Gasteiger partial charge in [0.25, 0.3) is 0 Å². The van der Waals surface area contributed by atoms with Crippen molar-refractivity contribution >= 4 is 0 Å². The van der Waals surface area contributed by atoms with E-state index < -0.39 is 0 Å². The molecule has 116 valence electrons. The van der Waals surface area contributed by atoms with Gasteiger partial charge in [-0.15, -0.1) is 0 Å². The molecule has 0 aromatic carbocycles. The van der Waals surface area contributed by atoms with Crippen LogP contribution in [0.15, 0.2) is 17.1 Å². The minimum Gasteiger partial charge on any atom is -0.451 e.